The van der Waals surface area contributed by atoms with E-state index in [0.717, 1.165) is 45.1 Å². The van der Waals surface area contributed by atoms with Crippen LogP contribution < -0.4 is 5.32 Å². The quantitative estimate of drug-likeness (QED) is 0.283. The lowest BCUT2D eigenvalue weighted by atomic mass is 10.0. The van der Waals surface area contributed by atoms with Gasteiger partial charge in [-0.15, -0.1) is 6.42 Å². The summed E-state index contributed by atoms with van der Waals surface area (Å²) in [5, 5.41) is 3.41. The number of nitrogens with zero attached hydrogens (tertiary/aromatic N) is 4. The molecule has 3 aromatic heterocycles. The molecule has 35 heavy (non-hydrogen) atoms. The second-order valence-electron chi connectivity index (χ2n) is 8.46. The molecule has 170 valence electrons. The number of hydrogen-bond donors (Lipinski definition) is 1. The molecule has 1 unspecified atom stereocenters. The van der Waals surface area contributed by atoms with Gasteiger partial charge in [-0.05, 0) is 55.8 Å². The summed E-state index contributed by atoms with van der Waals surface area (Å²) in [6.07, 6.45) is 12.9. The molecule has 0 bridgehead atoms. The zero-order valence-electron chi connectivity index (χ0n) is 19.7. The Morgan fingerprint density at radius 1 is 1.09 bits per heavy atom. The highest BCUT2D eigenvalue weighted by atomic mass is 15.1. The fourth-order valence-electron chi connectivity index (χ4n) is 4.13. The first-order valence-electron chi connectivity index (χ1n) is 11.4. The third-order valence-corrected chi connectivity index (χ3v) is 6.02. The van der Waals surface area contributed by atoms with E-state index in [4.69, 9.17) is 16.4 Å². The number of nitrogens with one attached hydrogen (secondary N) is 1. The first kappa shape index (κ1) is 22.1. The van der Waals surface area contributed by atoms with Crippen LogP contribution in [0.5, 0.6) is 0 Å². The van der Waals surface area contributed by atoms with Crippen LogP contribution in [0.3, 0.4) is 0 Å². The summed E-state index contributed by atoms with van der Waals surface area (Å²) in [6, 6.07) is 20.5. The summed E-state index contributed by atoms with van der Waals surface area (Å²) in [6.45, 7) is 7.98. The molecule has 5 heteroatoms. The zero-order valence-corrected chi connectivity index (χ0v) is 19.7. The van der Waals surface area contributed by atoms with Crippen LogP contribution in [0, 0.1) is 19.3 Å². The average molecular weight is 456 g/mol. The van der Waals surface area contributed by atoms with Gasteiger partial charge in [0.2, 0.25) is 0 Å². The molecule has 0 amide bonds. The Bertz CT molecular complexity index is 1590. The van der Waals surface area contributed by atoms with E-state index in [2.05, 4.69) is 54.0 Å². The molecule has 0 aliphatic carbocycles. The van der Waals surface area contributed by atoms with Crippen molar-refractivity contribution >= 4 is 23.2 Å². The third-order valence-electron chi connectivity index (χ3n) is 6.02. The number of aryl methyl sites for hydroxylation is 1. The van der Waals surface area contributed by atoms with E-state index >= 15 is 0 Å². The normalized spacial score (nSPS) is 11.7. The van der Waals surface area contributed by atoms with Crippen molar-refractivity contribution in [2.75, 3.05) is 5.32 Å². The molecule has 1 N–H and O–H groups in total. The predicted octanol–water partition coefficient (Wildman–Crippen LogP) is 6.89. The largest absolute Gasteiger partial charge is 0.337 e. The molecule has 2 aromatic carbocycles. The summed E-state index contributed by atoms with van der Waals surface area (Å²) >= 11 is 0. The number of aromatic nitrogens is 4. The Labute approximate surface area is 205 Å². The molecule has 0 spiro atoms. The Hall–Kier alpha value is -4.69. The predicted molar refractivity (Wildman–Crippen MR) is 143 cm³/mol. The summed E-state index contributed by atoms with van der Waals surface area (Å²) in [5.41, 5.74) is 8.55. The van der Waals surface area contributed by atoms with Crippen LogP contribution in [-0.4, -0.2) is 19.4 Å². The minimum Gasteiger partial charge on any atom is -0.337 e. The number of fused-ring (bicyclic) bond motifs is 1. The van der Waals surface area contributed by atoms with Crippen molar-refractivity contribution < 1.29 is 0 Å². The molecule has 0 radical (unpaired) electrons. The number of pyridine rings is 1. The molecule has 0 aliphatic heterocycles. The van der Waals surface area contributed by atoms with E-state index in [0.29, 0.717) is 5.82 Å². The summed E-state index contributed by atoms with van der Waals surface area (Å²) < 4.78 is 2.03. The number of benzene rings is 2. The van der Waals surface area contributed by atoms with Crippen LogP contribution in [-0.2, 0) is 0 Å². The fraction of sp³-hybridized carbons (Fsp3) is 0.100. The lowest BCUT2D eigenvalue weighted by Gasteiger charge is -2.12. The summed E-state index contributed by atoms with van der Waals surface area (Å²) in [4.78, 5) is 14.2. The highest BCUT2D eigenvalue weighted by molar-refractivity contribution is 5.83. The zero-order chi connectivity index (χ0) is 24.4. The topological polar surface area (TPSA) is 55.1 Å². The number of anilines is 2. The second-order valence-corrected chi connectivity index (χ2v) is 8.46. The van der Waals surface area contributed by atoms with Gasteiger partial charge in [0, 0.05) is 35.1 Å². The van der Waals surface area contributed by atoms with Gasteiger partial charge in [0.05, 0.1) is 23.3 Å². The first-order chi connectivity index (χ1) is 17.1. The van der Waals surface area contributed by atoms with Gasteiger partial charge in [0.15, 0.2) is 11.5 Å². The van der Waals surface area contributed by atoms with E-state index in [1.165, 1.54) is 5.56 Å². The highest BCUT2D eigenvalue weighted by Gasteiger charge is 2.16. The number of rotatable bonds is 6. The van der Waals surface area contributed by atoms with Gasteiger partial charge in [0.1, 0.15) is 0 Å². The van der Waals surface area contributed by atoms with E-state index < -0.39 is 0 Å². The van der Waals surface area contributed by atoms with Crippen LogP contribution in [0.25, 0.3) is 34.2 Å². The molecular formula is C30H25N5. The molecule has 0 aliphatic rings. The molecule has 3 heterocycles. The van der Waals surface area contributed by atoms with Gasteiger partial charge in [0.25, 0.3) is 0 Å². The molecule has 1 atom stereocenters. The van der Waals surface area contributed by atoms with Crippen LogP contribution >= 0.6 is 0 Å². The number of imidazole rings is 1. The van der Waals surface area contributed by atoms with Gasteiger partial charge in [-0.2, -0.15) is 0 Å². The summed E-state index contributed by atoms with van der Waals surface area (Å²) in [7, 11) is 0. The van der Waals surface area contributed by atoms with Crippen molar-refractivity contribution in [1.29, 1.82) is 0 Å². The molecule has 5 rings (SSSR count). The Balaban J connectivity index is 1.60. The van der Waals surface area contributed by atoms with Gasteiger partial charge >= 0.3 is 0 Å². The van der Waals surface area contributed by atoms with Gasteiger partial charge in [-0.1, -0.05) is 48.4 Å². The van der Waals surface area contributed by atoms with E-state index in [1.54, 1.807) is 12.3 Å². The third kappa shape index (κ3) is 4.30. The molecule has 5 aromatic rings. The fourth-order valence-corrected chi connectivity index (χ4v) is 4.13. The molecule has 0 saturated heterocycles. The van der Waals surface area contributed by atoms with Crippen molar-refractivity contribution in [3.63, 3.8) is 0 Å². The minimum atomic E-state index is 0.0320. The second kappa shape index (κ2) is 9.28. The maximum Gasteiger partial charge on any atom is 0.180 e. The van der Waals surface area contributed by atoms with Crippen LogP contribution in [0.15, 0.2) is 85.8 Å². The van der Waals surface area contributed by atoms with Gasteiger partial charge in [-0.3, -0.25) is 4.40 Å². The smallest absolute Gasteiger partial charge is 0.180 e. The Morgan fingerprint density at radius 3 is 2.74 bits per heavy atom. The van der Waals surface area contributed by atoms with Crippen molar-refractivity contribution in [3.05, 3.63) is 103 Å². The lowest BCUT2D eigenvalue weighted by Crippen LogP contribution is -2.00. The highest BCUT2D eigenvalue weighted by Crippen LogP contribution is 2.33. The van der Waals surface area contributed by atoms with E-state index in [-0.39, 0.29) is 5.92 Å². The van der Waals surface area contributed by atoms with Gasteiger partial charge in [-0.25, -0.2) is 15.0 Å². The SMILES string of the molecule is C#CC(C)c1cccc(Nc2nccn3c(-c4ccc(C=C)nc4-c4cccc(C)c4)cnc23)c1. The molecular weight excluding hydrogens is 430 g/mol. The number of terminal acetylenes is 1. The minimum absolute atomic E-state index is 0.0320. The first-order valence-corrected chi connectivity index (χ1v) is 11.4. The molecule has 5 nitrogen and oxygen atoms in total. The van der Waals surface area contributed by atoms with Gasteiger partial charge < -0.3 is 5.32 Å². The van der Waals surface area contributed by atoms with E-state index in [9.17, 15) is 0 Å². The van der Waals surface area contributed by atoms with E-state index in [1.807, 2.05) is 60.1 Å². The van der Waals surface area contributed by atoms with Crippen LogP contribution in [0.4, 0.5) is 11.5 Å². The van der Waals surface area contributed by atoms with Crippen LogP contribution in [0.1, 0.15) is 29.7 Å². The van der Waals surface area contributed by atoms with Crippen molar-refractivity contribution in [1.82, 2.24) is 19.4 Å². The maximum atomic E-state index is 5.61. The molecule has 0 saturated carbocycles. The van der Waals surface area contributed by atoms with Crippen LogP contribution in [0.2, 0.25) is 0 Å². The van der Waals surface area contributed by atoms with Crippen molar-refractivity contribution in [3.8, 4) is 34.9 Å². The summed E-state index contributed by atoms with van der Waals surface area (Å²) in [5.74, 6) is 3.48. The maximum absolute atomic E-state index is 5.61. The number of hydrogen-bond acceptors (Lipinski definition) is 4. The molecule has 0 fully saturated rings. The lowest BCUT2D eigenvalue weighted by molar-refractivity contribution is 1.01. The Kier molecular flexibility index (Phi) is 5.87. The van der Waals surface area contributed by atoms with Crippen molar-refractivity contribution in [2.45, 2.75) is 19.8 Å². The standard InChI is InChI=1S/C30H25N5/c1-5-21(4)22-10-8-12-25(18-22)34-29-30-32-19-27(35(30)16-15-31-29)26-14-13-24(6-2)33-28(26)23-11-7-9-20(3)17-23/h1,6-19,21H,2H2,3-4H3,(H,31,34). The monoisotopic (exact) mass is 455 g/mol. The average Bonchev–Trinajstić information content (AvgIpc) is 3.33. The Morgan fingerprint density at radius 2 is 1.94 bits per heavy atom. The van der Waals surface area contributed by atoms with Crippen molar-refractivity contribution in [2.24, 2.45) is 0 Å².